The number of ether oxygens (including phenoxy) is 2. The highest BCUT2D eigenvalue weighted by molar-refractivity contribution is 8.07. The van der Waals surface area contributed by atoms with Crippen LogP contribution in [-0.4, -0.2) is 63.3 Å². The Morgan fingerprint density at radius 1 is 0.944 bits per heavy atom. The molecule has 0 bridgehead atoms. The highest BCUT2D eigenvalue weighted by Crippen LogP contribution is 2.48. The minimum atomic E-state index is -3.33. The van der Waals surface area contributed by atoms with E-state index >= 15 is 0 Å². The second-order valence-electron chi connectivity index (χ2n) is 9.96. The number of rotatable bonds is 23. The Bertz CT molecular complexity index is 619. The standard InChI is InChI=1S/C26H51BNO5PS2/c1-4-5-6-7-8-9-10-11-12-13-14-15-16-19-24(35)28-20-17-18-22-25(33-34(29,36)31-3)23(21-30-2)32-26(22)27/h22-23,25-26H,4-21H2,1-3H3,(H,28,35)(H,29,36)/t22-,23+,25?,26+,34?/m0/s1. The van der Waals surface area contributed by atoms with Gasteiger partial charge in [0.1, 0.15) is 20.1 Å². The molecule has 1 rings (SSSR count). The van der Waals surface area contributed by atoms with Crippen molar-refractivity contribution >= 4 is 43.6 Å². The van der Waals surface area contributed by atoms with Gasteiger partial charge < -0.3 is 28.7 Å². The van der Waals surface area contributed by atoms with Crippen molar-refractivity contribution in [3.05, 3.63) is 0 Å². The van der Waals surface area contributed by atoms with Gasteiger partial charge in [0.2, 0.25) is 0 Å². The molecule has 0 aromatic rings. The zero-order valence-corrected chi connectivity index (χ0v) is 25.5. The van der Waals surface area contributed by atoms with E-state index in [9.17, 15) is 4.89 Å². The lowest BCUT2D eigenvalue weighted by Crippen LogP contribution is -2.33. The number of methoxy groups -OCH3 is 1. The molecular weight excluding hydrogens is 512 g/mol. The molecule has 0 saturated carbocycles. The van der Waals surface area contributed by atoms with E-state index in [2.05, 4.69) is 12.2 Å². The molecule has 5 atom stereocenters. The highest BCUT2D eigenvalue weighted by atomic mass is 32.5. The largest absolute Gasteiger partial charge is 0.382 e. The lowest BCUT2D eigenvalue weighted by Gasteiger charge is -2.27. The van der Waals surface area contributed by atoms with E-state index in [1.54, 1.807) is 7.11 Å². The Hall–Kier alpha value is 0.405. The molecular formula is C26H51BNO5PS2. The predicted octanol–water partition coefficient (Wildman–Crippen LogP) is 6.57. The summed E-state index contributed by atoms with van der Waals surface area (Å²) < 4.78 is 21.7. The summed E-state index contributed by atoms with van der Waals surface area (Å²) in [6.45, 7) is 0.0357. The summed E-state index contributed by atoms with van der Waals surface area (Å²) in [5.41, 5.74) is 0. The molecule has 6 nitrogen and oxygen atoms in total. The summed E-state index contributed by atoms with van der Waals surface area (Å²) in [6.07, 6.45) is 19.3. The van der Waals surface area contributed by atoms with Crippen molar-refractivity contribution in [1.29, 1.82) is 0 Å². The molecule has 0 aliphatic carbocycles. The third-order valence-electron chi connectivity index (χ3n) is 6.90. The molecule has 2 unspecified atom stereocenters. The van der Waals surface area contributed by atoms with Gasteiger partial charge in [-0.1, -0.05) is 96.2 Å². The molecule has 1 aliphatic heterocycles. The fraction of sp³-hybridized carbons (Fsp3) is 0.962. The maximum Gasteiger partial charge on any atom is 0.324 e. The van der Waals surface area contributed by atoms with Gasteiger partial charge in [-0.2, -0.15) is 0 Å². The first-order valence-electron chi connectivity index (χ1n) is 14.1. The first-order valence-corrected chi connectivity index (χ1v) is 17.1. The molecule has 1 fully saturated rings. The molecule has 0 aromatic heterocycles. The van der Waals surface area contributed by atoms with Crippen LogP contribution in [0.25, 0.3) is 0 Å². The molecule has 0 amide bonds. The minimum Gasteiger partial charge on any atom is -0.382 e. The highest BCUT2D eigenvalue weighted by Gasteiger charge is 2.44. The van der Waals surface area contributed by atoms with Crippen molar-refractivity contribution in [3.8, 4) is 0 Å². The molecule has 0 aromatic carbocycles. The van der Waals surface area contributed by atoms with Crippen LogP contribution >= 0.6 is 18.9 Å². The maximum absolute atomic E-state index is 10.2. The molecule has 10 heteroatoms. The number of hydrogen-bond donors (Lipinski definition) is 2. The summed E-state index contributed by atoms with van der Waals surface area (Å²) >= 11 is 10.6. The molecule has 36 heavy (non-hydrogen) atoms. The average molecular weight is 564 g/mol. The summed E-state index contributed by atoms with van der Waals surface area (Å²) in [5, 5.41) is 3.37. The topological polar surface area (TPSA) is 69.2 Å². The van der Waals surface area contributed by atoms with Crippen LogP contribution < -0.4 is 5.32 Å². The van der Waals surface area contributed by atoms with Crippen molar-refractivity contribution in [2.45, 2.75) is 128 Å². The summed E-state index contributed by atoms with van der Waals surface area (Å²) in [4.78, 5) is 11.1. The fourth-order valence-corrected chi connectivity index (χ4v) is 6.00. The summed E-state index contributed by atoms with van der Waals surface area (Å²) in [5.74, 6) is -0.105. The van der Waals surface area contributed by atoms with Gasteiger partial charge in [-0.3, -0.25) is 0 Å². The van der Waals surface area contributed by atoms with Crippen molar-refractivity contribution in [2.75, 3.05) is 27.4 Å². The Morgan fingerprint density at radius 3 is 2.03 bits per heavy atom. The van der Waals surface area contributed by atoms with Crippen molar-refractivity contribution in [1.82, 2.24) is 5.32 Å². The fourth-order valence-electron chi connectivity index (χ4n) is 4.77. The molecule has 1 heterocycles. The number of hydrogen-bond acceptors (Lipinski definition) is 6. The molecule has 1 saturated heterocycles. The maximum atomic E-state index is 10.2. The summed E-state index contributed by atoms with van der Waals surface area (Å²) in [6, 6.07) is -0.500. The van der Waals surface area contributed by atoms with Gasteiger partial charge in [0.15, 0.2) is 0 Å². The van der Waals surface area contributed by atoms with Crippen LogP contribution in [0.15, 0.2) is 0 Å². The molecule has 1 aliphatic rings. The quantitative estimate of drug-likeness (QED) is 0.0627. The van der Waals surface area contributed by atoms with Gasteiger partial charge in [0.05, 0.1) is 11.6 Å². The Balaban J connectivity index is 2.10. The van der Waals surface area contributed by atoms with E-state index in [-0.39, 0.29) is 12.0 Å². The second-order valence-corrected chi connectivity index (χ2v) is 13.4. The SMILES string of the molecule is [B][C@@H]1O[C@H](COC)C(OP(O)(=S)OC)[C@@H]1CCCNC(=S)CCCCCCCCCCCCCCC. The van der Waals surface area contributed by atoms with Gasteiger partial charge in [-0.25, -0.2) is 0 Å². The Labute approximate surface area is 233 Å². The Kier molecular flexibility index (Phi) is 20.3. The van der Waals surface area contributed by atoms with E-state index < -0.39 is 18.8 Å². The molecule has 2 radical (unpaired) electrons. The van der Waals surface area contributed by atoms with E-state index in [4.69, 9.17) is 50.4 Å². The second kappa shape index (κ2) is 21.3. The number of thiocarbonyl (C=S) groups is 1. The van der Waals surface area contributed by atoms with Crippen LogP contribution in [0.5, 0.6) is 0 Å². The smallest absolute Gasteiger partial charge is 0.324 e. The monoisotopic (exact) mass is 563 g/mol. The van der Waals surface area contributed by atoms with Crippen LogP contribution in [-0.2, 0) is 30.3 Å². The van der Waals surface area contributed by atoms with Gasteiger partial charge >= 0.3 is 6.72 Å². The van der Waals surface area contributed by atoms with Crippen LogP contribution in [0.1, 0.15) is 110 Å². The Morgan fingerprint density at radius 2 is 1.50 bits per heavy atom. The van der Waals surface area contributed by atoms with Gasteiger partial charge in [0, 0.05) is 32.7 Å². The first kappa shape index (κ1) is 34.4. The first-order chi connectivity index (χ1) is 17.3. The lowest BCUT2D eigenvalue weighted by molar-refractivity contribution is -0.0147. The lowest BCUT2D eigenvalue weighted by atomic mass is 9.82. The third kappa shape index (κ3) is 15.7. The average Bonchev–Trinajstić information content (AvgIpc) is 3.13. The van der Waals surface area contributed by atoms with Crippen LogP contribution in [0.4, 0.5) is 0 Å². The van der Waals surface area contributed by atoms with E-state index in [1.807, 2.05) is 0 Å². The van der Waals surface area contributed by atoms with Crippen molar-refractivity contribution in [3.63, 3.8) is 0 Å². The van der Waals surface area contributed by atoms with Crippen LogP contribution in [0.3, 0.4) is 0 Å². The van der Waals surface area contributed by atoms with E-state index in [0.29, 0.717) is 6.61 Å². The third-order valence-corrected chi connectivity index (χ3v) is 8.93. The molecule has 210 valence electrons. The molecule has 2 N–H and O–H groups in total. The van der Waals surface area contributed by atoms with Crippen LogP contribution in [0, 0.1) is 5.92 Å². The van der Waals surface area contributed by atoms with E-state index in [0.717, 1.165) is 37.2 Å². The minimum absolute atomic E-state index is 0.105. The van der Waals surface area contributed by atoms with Gasteiger partial charge in [0.25, 0.3) is 0 Å². The normalized spacial score (nSPS) is 23.6. The van der Waals surface area contributed by atoms with Gasteiger partial charge in [-0.15, -0.1) is 0 Å². The van der Waals surface area contributed by atoms with Crippen molar-refractivity contribution < 1.29 is 23.4 Å². The predicted molar refractivity (Wildman–Crippen MR) is 158 cm³/mol. The van der Waals surface area contributed by atoms with Crippen molar-refractivity contribution in [2.24, 2.45) is 5.92 Å². The zero-order chi connectivity index (χ0) is 26.7. The number of nitrogens with one attached hydrogen (secondary N) is 1. The molecule has 0 spiro atoms. The zero-order valence-electron chi connectivity index (χ0n) is 23.0. The number of unbranched alkanes of at least 4 members (excludes halogenated alkanes) is 12. The van der Waals surface area contributed by atoms with E-state index in [1.165, 1.54) is 84.2 Å². The van der Waals surface area contributed by atoms with Crippen LogP contribution in [0.2, 0.25) is 0 Å². The summed E-state index contributed by atoms with van der Waals surface area (Å²) in [7, 11) is 9.14. The van der Waals surface area contributed by atoms with Gasteiger partial charge in [-0.05, 0) is 37.5 Å².